The number of ketones is 1. The smallest absolute Gasteiger partial charge is 0.295 e. The van der Waals surface area contributed by atoms with Crippen LogP contribution in [-0.2, 0) is 16.1 Å². The zero-order chi connectivity index (χ0) is 28.1. The maximum Gasteiger partial charge on any atom is 0.295 e. The number of rotatable bonds is 10. The second kappa shape index (κ2) is 12.1. The van der Waals surface area contributed by atoms with Crippen LogP contribution >= 0.6 is 0 Å². The van der Waals surface area contributed by atoms with Gasteiger partial charge in [0.25, 0.3) is 11.7 Å². The molecule has 3 aromatic carbocycles. The summed E-state index contributed by atoms with van der Waals surface area (Å²) in [6, 6.07) is 21.3. The van der Waals surface area contributed by atoms with E-state index in [2.05, 4.69) is 13.8 Å². The number of anilines is 1. The van der Waals surface area contributed by atoms with Crippen molar-refractivity contribution < 1.29 is 24.2 Å². The molecule has 7 nitrogen and oxygen atoms in total. The highest BCUT2D eigenvalue weighted by Gasteiger charge is 2.46. The molecule has 7 heteroatoms. The van der Waals surface area contributed by atoms with E-state index in [0.717, 1.165) is 22.6 Å². The number of aliphatic hydroxyl groups is 1. The average molecular weight is 529 g/mol. The van der Waals surface area contributed by atoms with E-state index in [1.807, 2.05) is 74.4 Å². The van der Waals surface area contributed by atoms with E-state index in [1.165, 1.54) is 4.90 Å². The summed E-state index contributed by atoms with van der Waals surface area (Å²) in [6.07, 6.45) is 0. The van der Waals surface area contributed by atoms with Crippen molar-refractivity contribution in [3.8, 4) is 11.5 Å². The van der Waals surface area contributed by atoms with Crippen LogP contribution < -0.4 is 14.4 Å². The minimum absolute atomic E-state index is 0.0689. The predicted octanol–water partition coefficient (Wildman–Crippen LogP) is 5.81. The summed E-state index contributed by atoms with van der Waals surface area (Å²) in [6.45, 7) is 7.39. The van der Waals surface area contributed by atoms with Crippen molar-refractivity contribution >= 4 is 23.1 Å². The molecular weight excluding hydrogens is 492 g/mol. The number of hydrogen-bond donors (Lipinski definition) is 1. The van der Waals surface area contributed by atoms with Gasteiger partial charge >= 0.3 is 0 Å². The van der Waals surface area contributed by atoms with Gasteiger partial charge in [-0.1, -0.05) is 38.1 Å². The zero-order valence-corrected chi connectivity index (χ0v) is 23.2. The van der Waals surface area contributed by atoms with E-state index in [4.69, 9.17) is 9.47 Å². The maximum absolute atomic E-state index is 13.4. The fourth-order valence-electron chi connectivity index (χ4n) is 4.53. The van der Waals surface area contributed by atoms with E-state index in [-0.39, 0.29) is 17.9 Å². The molecule has 1 atom stereocenters. The van der Waals surface area contributed by atoms with Gasteiger partial charge < -0.3 is 24.4 Å². The number of carbonyl (C=O) groups is 2. The first kappa shape index (κ1) is 27.8. The van der Waals surface area contributed by atoms with Crippen molar-refractivity contribution in [2.45, 2.75) is 33.4 Å². The molecule has 3 aromatic rings. The number of ether oxygens (including phenoxy) is 2. The fraction of sp³-hybridized carbons (Fsp3) is 0.312. The van der Waals surface area contributed by atoms with Crippen molar-refractivity contribution in [1.82, 2.24) is 4.90 Å². The number of hydrogen-bond acceptors (Lipinski definition) is 6. The first-order valence-electron chi connectivity index (χ1n) is 13.2. The molecule has 1 N–H and O–H groups in total. The Hall–Kier alpha value is -4.26. The SMILES string of the molecule is CCOc1ccc(CN2C(=O)C(=O)/C(=C(\O)c3ccc(OCC(C)C)cc3)C2c2ccc(N(C)C)cc2)cc1. The van der Waals surface area contributed by atoms with Gasteiger partial charge in [0.2, 0.25) is 0 Å². The second-order valence-electron chi connectivity index (χ2n) is 10.2. The Bertz CT molecular complexity index is 1330. The molecule has 1 saturated heterocycles. The molecule has 39 heavy (non-hydrogen) atoms. The number of Topliss-reactive ketones (excluding diaryl/α,β-unsaturated/α-hetero) is 1. The highest BCUT2D eigenvalue weighted by molar-refractivity contribution is 6.46. The van der Waals surface area contributed by atoms with Crippen LogP contribution in [0, 0.1) is 5.92 Å². The molecule has 0 bridgehead atoms. The Morgan fingerprint density at radius 3 is 2.05 bits per heavy atom. The average Bonchev–Trinajstić information content (AvgIpc) is 3.18. The van der Waals surface area contributed by atoms with Crippen molar-refractivity contribution in [2.24, 2.45) is 5.92 Å². The van der Waals surface area contributed by atoms with Gasteiger partial charge in [-0.2, -0.15) is 0 Å². The molecule has 0 aliphatic carbocycles. The first-order valence-corrected chi connectivity index (χ1v) is 13.2. The van der Waals surface area contributed by atoms with Gasteiger partial charge in [0.05, 0.1) is 24.8 Å². The van der Waals surface area contributed by atoms with Crippen LogP contribution in [0.25, 0.3) is 5.76 Å². The van der Waals surface area contributed by atoms with Crippen LogP contribution in [-0.4, -0.2) is 49.0 Å². The lowest BCUT2D eigenvalue weighted by Crippen LogP contribution is -2.29. The highest BCUT2D eigenvalue weighted by atomic mass is 16.5. The Labute approximate surface area is 230 Å². The summed E-state index contributed by atoms with van der Waals surface area (Å²) >= 11 is 0. The van der Waals surface area contributed by atoms with Gasteiger partial charge in [-0.3, -0.25) is 9.59 Å². The first-order chi connectivity index (χ1) is 18.7. The minimum Gasteiger partial charge on any atom is -0.507 e. The summed E-state index contributed by atoms with van der Waals surface area (Å²) in [5, 5.41) is 11.4. The Morgan fingerprint density at radius 2 is 1.49 bits per heavy atom. The Kier molecular flexibility index (Phi) is 8.59. The number of likely N-dealkylation sites (tertiary alicyclic amines) is 1. The van der Waals surface area contributed by atoms with E-state index < -0.39 is 17.7 Å². The maximum atomic E-state index is 13.4. The van der Waals surface area contributed by atoms with Gasteiger partial charge in [-0.25, -0.2) is 0 Å². The van der Waals surface area contributed by atoms with E-state index in [9.17, 15) is 14.7 Å². The zero-order valence-electron chi connectivity index (χ0n) is 23.2. The predicted molar refractivity (Wildman–Crippen MR) is 153 cm³/mol. The number of amides is 1. The standard InChI is InChI=1S/C32H36N2O5/c1-6-38-26-15-7-22(8-16-26)19-34-29(23-9-13-25(14-10-23)33(4)5)28(31(36)32(34)37)30(35)24-11-17-27(18-12-24)39-20-21(2)3/h7-18,21,29,35H,6,19-20H2,1-5H3/b30-28-. The molecule has 0 radical (unpaired) electrons. The summed E-state index contributed by atoms with van der Waals surface area (Å²) in [4.78, 5) is 30.3. The number of nitrogens with zero attached hydrogens (tertiary/aromatic N) is 2. The van der Waals surface area contributed by atoms with Crippen LogP contribution in [0.4, 0.5) is 5.69 Å². The molecule has 0 spiro atoms. The number of aliphatic hydroxyl groups excluding tert-OH is 1. The molecule has 1 heterocycles. The van der Waals surface area contributed by atoms with E-state index >= 15 is 0 Å². The lowest BCUT2D eigenvalue weighted by atomic mass is 9.95. The molecule has 1 aliphatic rings. The molecule has 1 unspecified atom stereocenters. The lowest BCUT2D eigenvalue weighted by Gasteiger charge is -2.26. The van der Waals surface area contributed by atoms with Crippen LogP contribution in [0.1, 0.15) is 43.5 Å². The number of carbonyl (C=O) groups excluding carboxylic acids is 2. The van der Waals surface area contributed by atoms with Crippen LogP contribution in [0.15, 0.2) is 78.4 Å². The van der Waals surface area contributed by atoms with Gasteiger partial charge in [-0.05, 0) is 72.5 Å². The van der Waals surface area contributed by atoms with Crippen LogP contribution in [0.2, 0.25) is 0 Å². The molecule has 1 fully saturated rings. The third-order valence-corrected chi connectivity index (χ3v) is 6.56. The minimum atomic E-state index is -0.746. The summed E-state index contributed by atoms with van der Waals surface area (Å²) in [5.74, 6) is 0.221. The van der Waals surface area contributed by atoms with Gasteiger partial charge in [0.1, 0.15) is 17.3 Å². The van der Waals surface area contributed by atoms with Crippen LogP contribution in [0.5, 0.6) is 11.5 Å². The quantitative estimate of drug-likeness (QED) is 0.203. The van der Waals surface area contributed by atoms with Crippen LogP contribution in [0.3, 0.4) is 0 Å². The normalized spacial score (nSPS) is 16.6. The van der Waals surface area contributed by atoms with Crippen molar-refractivity contribution in [1.29, 1.82) is 0 Å². The Morgan fingerprint density at radius 1 is 0.897 bits per heavy atom. The largest absolute Gasteiger partial charge is 0.507 e. The molecule has 1 aliphatic heterocycles. The van der Waals surface area contributed by atoms with Crippen molar-refractivity contribution in [2.75, 3.05) is 32.2 Å². The monoisotopic (exact) mass is 528 g/mol. The Balaban J connectivity index is 1.74. The van der Waals surface area contributed by atoms with E-state index in [1.54, 1.807) is 24.3 Å². The number of benzene rings is 3. The van der Waals surface area contributed by atoms with Gasteiger partial charge in [0, 0.05) is 31.9 Å². The second-order valence-corrected chi connectivity index (χ2v) is 10.2. The summed E-state index contributed by atoms with van der Waals surface area (Å²) in [7, 11) is 3.89. The van der Waals surface area contributed by atoms with Crippen molar-refractivity contribution in [3.63, 3.8) is 0 Å². The molecule has 0 saturated carbocycles. The third kappa shape index (κ3) is 6.25. The highest BCUT2D eigenvalue weighted by Crippen LogP contribution is 2.41. The lowest BCUT2D eigenvalue weighted by molar-refractivity contribution is -0.140. The molecule has 1 amide bonds. The summed E-state index contributed by atoms with van der Waals surface area (Å²) < 4.78 is 11.3. The molecule has 4 rings (SSSR count). The van der Waals surface area contributed by atoms with E-state index in [0.29, 0.717) is 30.4 Å². The molecular formula is C32H36N2O5. The summed E-state index contributed by atoms with van der Waals surface area (Å²) in [5.41, 5.74) is 3.09. The topological polar surface area (TPSA) is 79.3 Å². The van der Waals surface area contributed by atoms with Gasteiger partial charge in [0.15, 0.2) is 0 Å². The molecule has 204 valence electrons. The van der Waals surface area contributed by atoms with Gasteiger partial charge in [-0.15, -0.1) is 0 Å². The molecule has 0 aromatic heterocycles. The van der Waals surface area contributed by atoms with Crippen molar-refractivity contribution in [3.05, 3.63) is 95.1 Å². The third-order valence-electron chi connectivity index (χ3n) is 6.56. The fourth-order valence-corrected chi connectivity index (χ4v) is 4.53.